The zero-order valence-electron chi connectivity index (χ0n) is 14.9. The summed E-state index contributed by atoms with van der Waals surface area (Å²) in [6.45, 7) is 1.33. The molecule has 0 unspecified atom stereocenters. The summed E-state index contributed by atoms with van der Waals surface area (Å²) in [6, 6.07) is 15.7. The van der Waals surface area contributed by atoms with Crippen LogP contribution in [0.15, 0.2) is 67.0 Å². The number of benzene rings is 2. The number of nitrogens with zero attached hydrogens (tertiary/aromatic N) is 3. The van der Waals surface area contributed by atoms with Gasteiger partial charge in [0.2, 0.25) is 0 Å². The fourth-order valence-electron chi connectivity index (χ4n) is 3.65. The lowest BCUT2D eigenvalue weighted by atomic mass is 9.91. The third-order valence-corrected chi connectivity index (χ3v) is 4.94. The maximum atomic E-state index is 13.7. The maximum Gasteiger partial charge on any atom is 0.253 e. The van der Waals surface area contributed by atoms with E-state index in [-0.39, 0.29) is 17.6 Å². The Morgan fingerprint density at radius 2 is 1.85 bits per heavy atom. The molecule has 1 atom stereocenters. The van der Waals surface area contributed by atoms with Crippen molar-refractivity contribution < 1.29 is 9.18 Å². The highest BCUT2D eigenvalue weighted by molar-refractivity contribution is 5.94. The van der Waals surface area contributed by atoms with Gasteiger partial charge in [0.15, 0.2) is 0 Å². The minimum atomic E-state index is -0.298. The number of hydrogen-bond acceptors (Lipinski definition) is 3. The average Bonchev–Trinajstić information content (AvgIpc) is 2.74. The summed E-state index contributed by atoms with van der Waals surface area (Å²) in [4.78, 5) is 23.7. The second-order valence-corrected chi connectivity index (χ2v) is 6.76. The van der Waals surface area contributed by atoms with Crippen molar-refractivity contribution in [1.29, 1.82) is 0 Å². The van der Waals surface area contributed by atoms with Gasteiger partial charge in [-0.2, -0.15) is 0 Å². The number of likely N-dealkylation sites (tertiary alicyclic amines) is 1. The molecule has 27 heavy (non-hydrogen) atoms. The summed E-state index contributed by atoms with van der Waals surface area (Å²) in [6.07, 6.45) is 5.12. The predicted molar refractivity (Wildman–Crippen MR) is 102 cm³/mol. The quantitative estimate of drug-likeness (QED) is 0.699. The molecule has 136 valence electrons. The highest BCUT2D eigenvalue weighted by Gasteiger charge is 2.28. The molecule has 1 amide bonds. The molecule has 1 fully saturated rings. The molecule has 0 radical (unpaired) electrons. The van der Waals surface area contributed by atoms with Crippen LogP contribution in [0.3, 0.4) is 0 Å². The van der Waals surface area contributed by atoms with E-state index in [1.54, 1.807) is 18.5 Å². The fraction of sp³-hybridized carbons (Fsp3) is 0.227. The molecule has 3 aromatic rings. The van der Waals surface area contributed by atoms with Gasteiger partial charge >= 0.3 is 0 Å². The summed E-state index contributed by atoms with van der Waals surface area (Å²) in [5, 5.41) is 0. The van der Waals surface area contributed by atoms with Crippen LogP contribution < -0.4 is 0 Å². The van der Waals surface area contributed by atoms with Crippen LogP contribution in [-0.2, 0) is 0 Å². The predicted octanol–water partition coefficient (Wildman–Crippen LogP) is 4.30. The lowest BCUT2D eigenvalue weighted by Crippen LogP contribution is -2.39. The number of carbonyl (C=O) groups excluding carboxylic acids is 1. The maximum absolute atomic E-state index is 13.7. The standard InChI is InChI=1S/C22H20FN3O/c23-19-10-4-8-17(14-19)20-21(25-12-11-24-20)18-9-5-13-26(15-18)22(27)16-6-2-1-3-7-16/h1-4,6-8,10-12,14,18H,5,9,13,15H2/t18-/m1/s1. The van der Waals surface area contributed by atoms with Crippen molar-refractivity contribution in [3.8, 4) is 11.3 Å². The molecule has 1 aliphatic rings. The Balaban J connectivity index is 1.62. The molecular formula is C22H20FN3O. The summed E-state index contributed by atoms with van der Waals surface area (Å²) >= 11 is 0. The van der Waals surface area contributed by atoms with Crippen LogP contribution >= 0.6 is 0 Å². The monoisotopic (exact) mass is 361 g/mol. The van der Waals surface area contributed by atoms with E-state index in [0.29, 0.717) is 23.4 Å². The van der Waals surface area contributed by atoms with Crippen molar-refractivity contribution in [2.75, 3.05) is 13.1 Å². The Morgan fingerprint density at radius 1 is 1.04 bits per heavy atom. The molecular weight excluding hydrogens is 341 g/mol. The number of piperidine rings is 1. The van der Waals surface area contributed by atoms with Gasteiger partial charge in [-0.25, -0.2) is 4.39 Å². The van der Waals surface area contributed by atoms with E-state index < -0.39 is 0 Å². The van der Waals surface area contributed by atoms with Gasteiger partial charge < -0.3 is 4.90 Å². The molecule has 2 heterocycles. The highest BCUT2D eigenvalue weighted by atomic mass is 19.1. The second kappa shape index (κ2) is 7.66. The normalized spacial score (nSPS) is 16.9. The van der Waals surface area contributed by atoms with Gasteiger partial charge in [0.05, 0.1) is 11.4 Å². The number of rotatable bonds is 3. The van der Waals surface area contributed by atoms with Crippen molar-refractivity contribution in [3.63, 3.8) is 0 Å². The third kappa shape index (κ3) is 3.72. The summed E-state index contributed by atoms with van der Waals surface area (Å²) in [5.74, 6) is -0.177. The summed E-state index contributed by atoms with van der Waals surface area (Å²) in [7, 11) is 0. The van der Waals surface area contributed by atoms with E-state index in [4.69, 9.17) is 0 Å². The second-order valence-electron chi connectivity index (χ2n) is 6.76. The smallest absolute Gasteiger partial charge is 0.253 e. The van der Waals surface area contributed by atoms with E-state index in [1.807, 2.05) is 41.3 Å². The molecule has 4 nitrogen and oxygen atoms in total. The van der Waals surface area contributed by atoms with E-state index in [1.165, 1.54) is 12.1 Å². The zero-order chi connectivity index (χ0) is 18.6. The average molecular weight is 361 g/mol. The first-order chi connectivity index (χ1) is 13.2. The van der Waals surface area contributed by atoms with E-state index in [2.05, 4.69) is 9.97 Å². The van der Waals surface area contributed by atoms with E-state index in [0.717, 1.165) is 25.1 Å². The minimum Gasteiger partial charge on any atom is -0.338 e. The molecule has 0 saturated carbocycles. The Bertz CT molecular complexity index is 945. The van der Waals surface area contributed by atoms with E-state index in [9.17, 15) is 9.18 Å². The number of halogens is 1. The number of hydrogen-bond donors (Lipinski definition) is 0. The molecule has 1 aromatic heterocycles. The van der Waals surface area contributed by atoms with Gasteiger partial charge in [-0.15, -0.1) is 0 Å². The fourth-order valence-corrected chi connectivity index (χ4v) is 3.65. The Labute approximate surface area is 157 Å². The van der Waals surface area contributed by atoms with Crippen molar-refractivity contribution in [3.05, 3.63) is 84.1 Å². The molecule has 1 aliphatic heterocycles. The van der Waals surface area contributed by atoms with Crippen LogP contribution in [-0.4, -0.2) is 33.9 Å². The Kier molecular flexibility index (Phi) is 4.92. The van der Waals surface area contributed by atoms with Gasteiger partial charge in [-0.1, -0.05) is 30.3 Å². The molecule has 0 aliphatic carbocycles. The van der Waals surface area contributed by atoms with Crippen molar-refractivity contribution in [2.45, 2.75) is 18.8 Å². The van der Waals surface area contributed by atoms with Gasteiger partial charge in [0, 0.05) is 42.5 Å². The van der Waals surface area contributed by atoms with Gasteiger partial charge in [0.25, 0.3) is 5.91 Å². The molecule has 0 spiro atoms. The molecule has 2 aromatic carbocycles. The third-order valence-electron chi connectivity index (χ3n) is 4.94. The SMILES string of the molecule is O=C(c1ccccc1)N1CCC[C@@H](c2nccnc2-c2cccc(F)c2)C1. The highest BCUT2D eigenvalue weighted by Crippen LogP contribution is 2.32. The van der Waals surface area contributed by atoms with Crippen LogP contribution in [0, 0.1) is 5.82 Å². The van der Waals surface area contributed by atoms with Crippen LogP contribution in [0.4, 0.5) is 4.39 Å². The lowest BCUT2D eigenvalue weighted by molar-refractivity contribution is 0.0706. The van der Waals surface area contributed by atoms with Crippen LogP contribution in [0.5, 0.6) is 0 Å². The molecule has 5 heteroatoms. The number of carbonyl (C=O) groups is 1. The molecule has 0 N–H and O–H groups in total. The van der Waals surface area contributed by atoms with Gasteiger partial charge in [-0.3, -0.25) is 14.8 Å². The molecule has 0 bridgehead atoms. The first kappa shape index (κ1) is 17.3. The Morgan fingerprint density at radius 3 is 2.67 bits per heavy atom. The molecule has 1 saturated heterocycles. The van der Waals surface area contributed by atoms with Gasteiger partial charge in [0.1, 0.15) is 5.82 Å². The van der Waals surface area contributed by atoms with Gasteiger partial charge in [-0.05, 0) is 37.1 Å². The number of amides is 1. The Hall–Kier alpha value is -3.08. The van der Waals surface area contributed by atoms with Crippen LogP contribution in [0.2, 0.25) is 0 Å². The van der Waals surface area contributed by atoms with Crippen LogP contribution in [0.25, 0.3) is 11.3 Å². The van der Waals surface area contributed by atoms with E-state index >= 15 is 0 Å². The van der Waals surface area contributed by atoms with Crippen molar-refractivity contribution in [2.24, 2.45) is 0 Å². The summed E-state index contributed by atoms with van der Waals surface area (Å²) in [5.41, 5.74) is 2.93. The summed E-state index contributed by atoms with van der Waals surface area (Å²) < 4.78 is 13.7. The first-order valence-corrected chi connectivity index (χ1v) is 9.13. The topological polar surface area (TPSA) is 46.1 Å². The molecule has 4 rings (SSSR count). The number of aromatic nitrogens is 2. The minimum absolute atomic E-state index is 0.0384. The lowest BCUT2D eigenvalue weighted by Gasteiger charge is -2.33. The largest absolute Gasteiger partial charge is 0.338 e. The van der Waals surface area contributed by atoms with Crippen molar-refractivity contribution >= 4 is 5.91 Å². The van der Waals surface area contributed by atoms with Crippen LogP contribution in [0.1, 0.15) is 34.8 Å². The van der Waals surface area contributed by atoms with Crippen molar-refractivity contribution in [1.82, 2.24) is 14.9 Å². The first-order valence-electron chi connectivity index (χ1n) is 9.13. The zero-order valence-corrected chi connectivity index (χ0v) is 14.9.